The molecule has 1 atom stereocenters. The Bertz CT molecular complexity index is 1040. The van der Waals surface area contributed by atoms with E-state index < -0.39 is 6.04 Å². The first-order chi connectivity index (χ1) is 15.0. The number of hydrogen-bond acceptors (Lipinski definition) is 2. The van der Waals surface area contributed by atoms with Crippen LogP contribution in [-0.2, 0) is 29.0 Å². The van der Waals surface area contributed by atoms with Crippen LogP contribution in [0.4, 0.5) is 0 Å². The van der Waals surface area contributed by atoms with Crippen LogP contribution in [0.2, 0.25) is 10.0 Å². The van der Waals surface area contributed by atoms with Gasteiger partial charge >= 0.3 is 0 Å². The summed E-state index contributed by atoms with van der Waals surface area (Å²) in [5.41, 5.74) is 2.54. The monoisotopic (exact) mass is 454 g/mol. The topological polar surface area (TPSA) is 49.4 Å². The summed E-state index contributed by atoms with van der Waals surface area (Å²) >= 11 is 12.5. The van der Waals surface area contributed by atoms with E-state index in [1.54, 1.807) is 30.1 Å². The van der Waals surface area contributed by atoms with E-state index in [-0.39, 0.29) is 24.8 Å². The Balaban J connectivity index is 1.95. The quantitative estimate of drug-likeness (QED) is 0.524. The Morgan fingerprint density at radius 3 is 2.26 bits per heavy atom. The van der Waals surface area contributed by atoms with E-state index in [1.165, 1.54) is 0 Å². The van der Waals surface area contributed by atoms with Crippen molar-refractivity contribution in [3.8, 4) is 0 Å². The fourth-order valence-electron chi connectivity index (χ4n) is 3.45. The molecule has 0 aliphatic rings. The second kappa shape index (κ2) is 11.0. The molecule has 0 aliphatic carbocycles. The molecular weight excluding hydrogens is 431 g/mol. The molecule has 0 heterocycles. The summed E-state index contributed by atoms with van der Waals surface area (Å²) in [4.78, 5) is 27.9. The van der Waals surface area contributed by atoms with Crippen molar-refractivity contribution in [3.05, 3.63) is 106 Å². The molecule has 2 amide bonds. The SMILES string of the molecule is CNC(=O)[C@H](Cc1ccccc1)N(Cc1ccccc1Cl)C(=O)Cc1cccc(Cl)c1. The number of hydrogen-bond donors (Lipinski definition) is 1. The first-order valence-corrected chi connectivity index (χ1v) is 10.8. The first-order valence-electron chi connectivity index (χ1n) is 10.0. The van der Waals surface area contributed by atoms with Gasteiger partial charge in [-0.25, -0.2) is 0 Å². The average molecular weight is 455 g/mol. The van der Waals surface area contributed by atoms with Crippen molar-refractivity contribution >= 4 is 35.0 Å². The maximum absolute atomic E-state index is 13.5. The molecule has 3 rings (SSSR count). The summed E-state index contributed by atoms with van der Waals surface area (Å²) in [7, 11) is 1.58. The van der Waals surface area contributed by atoms with E-state index in [4.69, 9.17) is 23.2 Å². The molecule has 3 aromatic carbocycles. The highest BCUT2D eigenvalue weighted by atomic mass is 35.5. The van der Waals surface area contributed by atoms with Gasteiger partial charge in [0, 0.05) is 30.1 Å². The summed E-state index contributed by atoms with van der Waals surface area (Å²) < 4.78 is 0. The first kappa shape index (κ1) is 22.9. The van der Waals surface area contributed by atoms with Gasteiger partial charge in [-0.15, -0.1) is 0 Å². The van der Waals surface area contributed by atoms with Crippen LogP contribution in [0.25, 0.3) is 0 Å². The predicted octanol–water partition coefficient (Wildman–Crippen LogP) is 4.92. The Morgan fingerprint density at radius 1 is 0.903 bits per heavy atom. The van der Waals surface area contributed by atoms with E-state index >= 15 is 0 Å². The van der Waals surface area contributed by atoms with Gasteiger partial charge in [-0.05, 0) is 34.9 Å². The third kappa shape index (κ3) is 6.33. The summed E-state index contributed by atoms with van der Waals surface area (Å²) in [5, 5.41) is 3.83. The zero-order chi connectivity index (χ0) is 22.2. The van der Waals surface area contributed by atoms with Crippen LogP contribution >= 0.6 is 23.2 Å². The zero-order valence-electron chi connectivity index (χ0n) is 17.2. The van der Waals surface area contributed by atoms with E-state index in [0.29, 0.717) is 16.5 Å². The van der Waals surface area contributed by atoms with Crippen molar-refractivity contribution in [1.29, 1.82) is 0 Å². The normalized spacial score (nSPS) is 11.6. The maximum Gasteiger partial charge on any atom is 0.242 e. The van der Waals surface area contributed by atoms with Crippen LogP contribution in [0.15, 0.2) is 78.9 Å². The molecule has 0 aliphatic heterocycles. The maximum atomic E-state index is 13.5. The third-order valence-electron chi connectivity index (χ3n) is 5.06. The summed E-state index contributed by atoms with van der Waals surface area (Å²) in [6.07, 6.45) is 0.527. The molecule has 6 heteroatoms. The highest BCUT2D eigenvalue weighted by molar-refractivity contribution is 6.31. The molecule has 3 aromatic rings. The van der Waals surface area contributed by atoms with Gasteiger partial charge in [0.2, 0.25) is 11.8 Å². The molecule has 0 bridgehead atoms. The molecule has 31 heavy (non-hydrogen) atoms. The van der Waals surface area contributed by atoms with Gasteiger partial charge in [0.15, 0.2) is 0 Å². The van der Waals surface area contributed by atoms with Crippen LogP contribution in [-0.4, -0.2) is 29.8 Å². The summed E-state index contributed by atoms with van der Waals surface area (Å²) in [6, 6.07) is 23.5. The number of rotatable bonds is 8. The van der Waals surface area contributed by atoms with Gasteiger partial charge in [0.1, 0.15) is 6.04 Å². The number of amides is 2. The standard InChI is InChI=1S/C25H24Cl2N2O2/c1-28-25(31)23(15-18-8-3-2-4-9-18)29(17-20-11-5-6-13-22(20)27)24(30)16-19-10-7-12-21(26)14-19/h2-14,23H,15-17H2,1H3,(H,28,31)/t23-/m0/s1. The molecule has 0 radical (unpaired) electrons. The molecule has 4 nitrogen and oxygen atoms in total. The number of likely N-dealkylation sites (N-methyl/N-ethyl adjacent to an activating group) is 1. The highest BCUT2D eigenvalue weighted by Gasteiger charge is 2.30. The summed E-state index contributed by atoms with van der Waals surface area (Å²) in [5.74, 6) is -0.401. The van der Waals surface area contributed by atoms with E-state index in [9.17, 15) is 9.59 Å². The molecule has 0 saturated carbocycles. The number of nitrogens with one attached hydrogen (secondary N) is 1. The fourth-order valence-corrected chi connectivity index (χ4v) is 3.86. The molecule has 1 N–H and O–H groups in total. The van der Waals surface area contributed by atoms with Gasteiger partial charge in [-0.2, -0.15) is 0 Å². The second-order valence-corrected chi connectivity index (χ2v) is 8.08. The van der Waals surface area contributed by atoms with E-state index in [1.807, 2.05) is 60.7 Å². The Kier molecular flexibility index (Phi) is 8.10. The van der Waals surface area contributed by atoms with Gasteiger partial charge < -0.3 is 10.2 Å². The lowest BCUT2D eigenvalue weighted by Crippen LogP contribution is -2.50. The van der Waals surface area contributed by atoms with E-state index in [0.717, 1.165) is 16.7 Å². The van der Waals surface area contributed by atoms with Gasteiger partial charge in [-0.1, -0.05) is 83.9 Å². The predicted molar refractivity (Wildman–Crippen MR) is 125 cm³/mol. The number of nitrogens with zero attached hydrogens (tertiary/aromatic N) is 1. The Labute approximate surface area is 192 Å². The van der Waals surface area contributed by atoms with Gasteiger partial charge in [0.05, 0.1) is 6.42 Å². The second-order valence-electron chi connectivity index (χ2n) is 7.24. The van der Waals surface area contributed by atoms with Crippen molar-refractivity contribution < 1.29 is 9.59 Å². The smallest absolute Gasteiger partial charge is 0.242 e. The van der Waals surface area contributed by atoms with Crippen molar-refractivity contribution in [2.24, 2.45) is 0 Å². The molecule has 0 aromatic heterocycles. The lowest BCUT2D eigenvalue weighted by atomic mass is 10.0. The number of halogens is 2. The van der Waals surface area contributed by atoms with E-state index in [2.05, 4.69) is 5.32 Å². The average Bonchev–Trinajstić information content (AvgIpc) is 2.77. The van der Waals surface area contributed by atoms with Crippen molar-refractivity contribution in [2.45, 2.75) is 25.4 Å². The van der Waals surface area contributed by atoms with Crippen LogP contribution in [0, 0.1) is 0 Å². The molecule has 0 fully saturated rings. The molecule has 160 valence electrons. The van der Waals surface area contributed by atoms with Crippen LogP contribution in [0.3, 0.4) is 0 Å². The molecular formula is C25H24Cl2N2O2. The molecule has 0 unspecified atom stereocenters. The van der Waals surface area contributed by atoms with Crippen molar-refractivity contribution in [1.82, 2.24) is 10.2 Å². The fraction of sp³-hybridized carbons (Fsp3) is 0.200. The highest BCUT2D eigenvalue weighted by Crippen LogP contribution is 2.21. The minimum atomic E-state index is -0.685. The zero-order valence-corrected chi connectivity index (χ0v) is 18.7. The lowest BCUT2D eigenvalue weighted by molar-refractivity contribution is -0.140. The Morgan fingerprint density at radius 2 is 1.58 bits per heavy atom. The van der Waals surface area contributed by atoms with Crippen LogP contribution < -0.4 is 5.32 Å². The van der Waals surface area contributed by atoms with Crippen molar-refractivity contribution in [3.63, 3.8) is 0 Å². The van der Waals surface area contributed by atoms with Gasteiger partial charge in [-0.3, -0.25) is 9.59 Å². The number of carbonyl (C=O) groups excluding carboxylic acids is 2. The lowest BCUT2D eigenvalue weighted by Gasteiger charge is -2.31. The minimum absolute atomic E-state index is 0.132. The van der Waals surface area contributed by atoms with Gasteiger partial charge in [0.25, 0.3) is 0 Å². The largest absolute Gasteiger partial charge is 0.357 e. The van der Waals surface area contributed by atoms with Crippen LogP contribution in [0.1, 0.15) is 16.7 Å². The van der Waals surface area contributed by atoms with Crippen molar-refractivity contribution in [2.75, 3.05) is 7.05 Å². The minimum Gasteiger partial charge on any atom is -0.357 e. The number of carbonyl (C=O) groups is 2. The molecule has 0 spiro atoms. The Hall–Kier alpha value is -2.82. The molecule has 0 saturated heterocycles. The third-order valence-corrected chi connectivity index (χ3v) is 5.66. The van der Waals surface area contributed by atoms with Crippen LogP contribution in [0.5, 0.6) is 0 Å². The summed E-state index contributed by atoms with van der Waals surface area (Å²) in [6.45, 7) is 0.226. The number of benzene rings is 3.